The topological polar surface area (TPSA) is 118 Å². The zero-order valence-corrected chi connectivity index (χ0v) is 18.2. The summed E-state index contributed by atoms with van der Waals surface area (Å²) in [4.78, 5) is 36.0. The number of anilines is 1. The van der Waals surface area contributed by atoms with Crippen LogP contribution in [-0.2, 0) is 11.3 Å². The highest BCUT2D eigenvalue weighted by Crippen LogP contribution is 2.26. The van der Waals surface area contributed by atoms with E-state index >= 15 is 0 Å². The van der Waals surface area contributed by atoms with Crippen molar-refractivity contribution in [2.75, 3.05) is 12.4 Å². The number of halogens is 1. The minimum Gasteiger partial charge on any atom is -0.481 e. The Kier molecular flexibility index (Phi) is 6.96. The van der Waals surface area contributed by atoms with E-state index in [9.17, 15) is 14.0 Å². The summed E-state index contributed by atoms with van der Waals surface area (Å²) < 4.78 is 18.7. The highest BCUT2D eigenvalue weighted by Gasteiger charge is 2.25. The van der Waals surface area contributed by atoms with Crippen LogP contribution in [0.15, 0.2) is 29.4 Å². The van der Waals surface area contributed by atoms with Crippen molar-refractivity contribution in [3.05, 3.63) is 46.5 Å². The second-order valence-electron chi connectivity index (χ2n) is 7.55. The SMILES string of the molecule is COc1ncc(F)cc1CNC1CCC(Nc2nccc(/C=C3/SC(=O)NC3=O)n2)CC1. The molecule has 2 aromatic rings. The maximum absolute atomic E-state index is 13.5. The number of ether oxygens (including phenoxy) is 1. The van der Waals surface area contributed by atoms with Gasteiger partial charge in [-0.3, -0.25) is 14.9 Å². The summed E-state index contributed by atoms with van der Waals surface area (Å²) in [7, 11) is 1.52. The standard InChI is InChI=1S/C21H23FN6O3S/c1-31-19-12(8-13(22)11-25-19)10-24-14-2-4-15(5-3-14)26-20-23-7-6-16(27-20)9-17-18(29)28-21(30)32-17/h6-9,11,14-15,24H,2-5,10H2,1H3,(H,23,26,27)(H,28,29,30)/b17-9+. The van der Waals surface area contributed by atoms with Gasteiger partial charge in [0.25, 0.3) is 11.1 Å². The lowest BCUT2D eigenvalue weighted by molar-refractivity contribution is -0.115. The molecule has 0 bridgehead atoms. The van der Waals surface area contributed by atoms with Crippen LogP contribution in [-0.4, -0.2) is 45.3 Å². The summed E-state index contributed by atoms with van der Waals surface area (Å²) in [6.45, 7) is 0.491. The fourth-order valence-electron chi connectivity index (χ4n) is 3.74. The fraction of sp³-hybridized carbons (Fsp3) is 0.381. The minimum atomic E-state index is -0.411. The fourth-order valence-corrected chi connectivity index (χ4v) is 4.40. The van der Waals surface area contributed by atoms with Gasteiger partial charge < -0.3 is 15.4 Å². The molecule has 2 amide bonds. The molecular weight excluding hydrogens is 435 g/mol. The number of hydrogen-bond donors (Lipinski definition) is 3. The van der Waals surface area contributed by atoms with E-state index in [1.807, 2.05) is 0 Å². The first-order valence-electron chi connectivity index (χ1n) is 10.3. The lowest BCUT2D eigenvalue weighted by Crippen LogP contribution is -2.37. The lowest BCUT2D eigenvalue weighted by atomic mass is 9.91. The van der Waals surface area contributed by atoms with Crippen LogP contribution in [0.5, 0.6) is 5.88 Å². The first-order valence-corrected chi connectivity index (χ1v) is 11.1. The van der Waals surface area contributed by atoms with Crippen LogP contribution >= 0.6 is 11.8 Å². The molecule has 9 nitrogen and oxygen atoms in total. The Morgan fingerprint density at radius 3 is 2.75 bits per heavy atom. The number of thioether (sulfide) groups is 1. The number of methoxy groups -OCH3 is 1. The Bertz CT molecular complexity index is 1040. The molecule has 0 spiro atoms. The summed E-state index contributed by atoms with van der Waals surface area (Å²) in [6, 6.07) is 3.67. The van der Waals surface area contributed by atoms with Gasteiger partial charge in [-0.1, -0.05) is 0 Å². The molecule has 1 saturated carbocycles. The van der Waals surface area contributed by atoms with Crippen molar-refractivity contribution >= 4 is 34.9 Å². The van der Waals surface area contributed by atoms with Gasteiger partial charge in [0.1, 0.15) is 5.82 Å². The van der Waals surface area contributed by atoms with Crippen LogP contribution in [0.3, 0.4) is 0 Å². The van der Waals surface area contributed by atoms with E-state index in [2.05, 4.69) is 30.9 Å². The highest BCUT2D eigenvalue weighted by molar-refractivity contribution is 8.18. The number of nitrogens with zero attached hydrogens (tertiary/aromatic N) is 3. The predicted molar refractivity (Wildman–Crippen MR) is 118 cm³/mol. The molecule has 2 aromatic heterocycles. The average Bonchev–Trinajstić information content (AvgIpc) is 3.10. The number of carbonyl (C=O) groups excluding carboxylic acids is 2. The molecule has 3 heterocycles. The van der Waals surface area contributed by atoms with Crippen LogP contribution in [0, 0.1) is 5.82 Å². The minimum absolute atomic E-state index is 0.229. The van der Waals surface area contributed by atoms with E-state index in [1.54, 1.807) is 18.3 Å². The molecular formula is C21H23FN6O3S. The van der Waals surface area contributed by atoms with Crippen LogP contribution in [0.1, 0.15) is 36.9 Å². The molecule has 168 valence electrons. The van der Waals surface area contributed by atoms with Crippen LogP contribution < -0.4 is 20.7 Å². The van der Waals surface area contributed by atoms with Crippen molar-refractivity contribution < 1.29 is 18.7 Å². The van der Waals surface area contributed by atoms with E-state index in [-0.39, 0.29) is 17.1 Å². The Hall–Kier alpha value is -3.05. The molecule has 1 aliphatic heterocycles. The Labute approximate surface area is 188 Å². The van der Waals surface area contributed by atoms with Gasteiger partial charge in [0.05, 0.1) is 23.9 Å². The van der Waals surface area contributed by atoms with Crippen LogP contribution in [0.2, 0.25) is 0 Å². The van der Waals surface area contributed by atoms with Crippen molar-refractivity contribution in [1.82, 2.24) is 25.6 Å². The third-order valence-corrected chi connectivity index (χ3v) is 6.14. The first-order chi connectivity index (χ1) is 15.5. The summed E-state index contributed by atoms with van der Waals surface area (Å²) in [5.41, 5.74) is 1.26. The monoisotopic (exact) mass is 458 g/mol. The molecule has 0 atom stereocenters. The highest BCUT2D eigenvalue weighted by atomic mass is 32.2. The van der Waals surface area contributed by atoms with Gasteiger partial charge in [-0.05, 0) is 55.7 Å². The molecule has 0 aromatic carbocycles. The first kappa shape index (κ1) is 22.2. The average molecular weight is 459 g/mol. The van der Waals surface area contributed by atoms with E-state index in [0.717, 1.165) is 43.6 Å². The maximum atomic E-state index is 13.5. The van der Waals surface area contributed by atoms with Crippen molar-refractivity contribution in [2.45, 2.75) is 44.3 Å². The zero-order valence-electron chi connectivity index (χ0n) is 17.4. The van der Waals surface area contributed by atoms with E-state index < -0.39 is 5.91 Å². The van der Waals surface area contributed by atoms with Crippen LogP contribution in [0.25, 0.3) is 6.08 Å². The molecule has 2 aliphatic rings. The van der Waals surface area contributed by atoms with Crippen molar-refractivity contribution in [3.63, 3.8) is 0 Å². The number of amides is 2. The smallest absolute Gasteiger partial charge is 0.290 e. The van der Waals surface area contributed by atoms with Gasteiger partial charge in [0.15, 0.2) is 0 Å². The number of imide groups is 1. The molecule has 1 saturated heterocycles. The Morgan fingerprint density at radius 1 is 1.25 bits per heavy atom. The van der Waals surface area contributed by atoms with Crippen molar-refractivity contribution in [3.8, 4) is 5.88 Å². The van der Waals surface area contributed by atoms with E-state index in [1.165, 1.54) is 13.2 Å². The molecule has 32 heavy (non-hydrogen) atoms. The zero-order chi connectivity index (χ0) is 22.5. The third kappa shape index (κ3) is 5.60. The lowest BCUT2D eigenvalue weighted by Gasteiger charge is -2.30. The number of carbonyl (C=O) groups is 2. The maximum Gasteiger partial charge on any atom is 0.290 e. The Morgan fingerprint density at radius 2 is 2.03 bits per heavy atom. The van der Waals surface area contributed by atoms with Gasteiger partial charge in [0.2, 0.25) is 11.8 Å². The summed E-state index contributed by atoms with van der Waals surface area (Å²) in [5.74, 6) is 0.123. The summed E-state index contributed by atoms with van der Waals surface area (Å²) >= 11 is 0.857. The van der Waals surface area contributed by atoms with Gasteiger partial charge >= 0.3 is 0 Å². The van der Waals surface area contributed by atoms with Gasteiger partial charge in [-0.15, -0.1) is 0 Å². The predicted octanol–water partition coefficient (Wildman–Crippen LogP) is 2.86. The number of pyridine rings is 1. The second kappa shape index (κ2) is 10.0. The molecule has 0 radical (unpaired) electrons. The van der Waals surface area contributed by atoms with E-state index in [4.69, 9.17) is 4.74 Å². The number of aromatic nitrogens is 3. The molecule has 0 unspecified atom stereocenters. The van der Waals surface area contributed by atoms with Gasteiger partial charge in [-0.2, -0.15) is 0 Å². The molecule has 4 rings (SSSR count). The van der Waals surface area contributed by atoms with Gasteiger partial charge in [0, 0.05) is 30.4 Å². The van der Waals surface area contributed by atoms with Crippen molar-refractivity contribution in [1.29, 1.82) is 0 Å². The summed E-state index contributed by atoms with van der Waals surface area (Å²) in [5, 5.41) is 8.65. The number of nitrogens with one attached hydrogen (secondary N) is 3. The summed E-state index contributed by atoms with van der Waals surface area (Å²) in [6.07, 6.45) is 8.10. The molecule has 1 aliphatic carbocycles. The molecule has 2 fully saturated rings. The Balaban J connectivity index is 1.28. The van der Waals surface area contributed by atoms with Gasteiger partial charge in [-0.25, -0.2) is 19.3 Å². The number of hydrogen-bond acceptors (Lipinski definition) is 9. The number of rotatable bonds is 7. The third-order valence-electron chi connectivity index (χ3n) is 5.33. The largest absolute Gasteiger partial charge is 0.481 e. The van der Waals surface area contributed by atoms with Crippen molar-refractivity contribution in [2.24, 2.45) is 0 Å². The van der Waals surface area contributed by atoms with E-state index in [0.29, 0.717) is 40.6 Å². The quantitative estimate of drug-likeness (QED) is 0.538. The molecule has 11 heteroatoms. The normalized spacial score (nSPS) is 22.1. The second-order valence-corrected chi connectivity index (χ2v) is 8.57. The van der Waals surface area contributed by atoms with Crippen LogP contribution in [0.4, 0.5) is 15.1 Å². The molecule has 3 N–H and O–H groups in total.